The zero-order valence-electron chi connectivity index (χ0n) is 16.8. The van der Waals surface area contributed by atoms with E-state index >= 15 is 0 Å². The number of benzene rings is 2. The first-order valence-electron chi connectivity index (χ1n) is 9.95. The van der Waals surface area contributed by atoms with Crippen molar-refractivity contribution in [1.29, 1.82) is 0 Å². The Labute approximate surface area is 189 Å². The summed E-state index contributed by atoms with van der Waals surface area (Å²) in [6.07, 6.45) is 2.56. The number of halogens is 1. The van der Waals surface area contributed by atoms with Crippen LogP contribution in [0, 0.1) is 0 Å². The van der Waals surface area contributed by atoms with Gasteiger partial charge in [0.25, 0.3) is 0 Å². The number of rotatable bonds is 6. The molecule has 0 amide bonds. The van der Waals surface area contributed by atoms with Crippen LogP contribution < -0.4 is 20.1 Å². The highest BCUT2D eigenvalue weighted by atomic mass is 127. The van der Waals surface area contributed by atoms with Crippen LogP contribution in [0.15, 0.2) is 53.5 Å². The van der Waals surface area contributed by atoms with Crippen molar-refractivity contribution in [2.24, 2.45) is 4.99 Å². The molecule has 2 N–H and O–H groups in total. The number of hydrogen-bond acceptors (Lipinski definition) is 4. The minimum atomic E-state index is 0. The van der Waals surface area contributed by atoms with Crippen LogP contribution in [0.4, 0.5) is 0 Å². The Hall–Kier alpha value is -2.00. The summed E-state index contributed by atoms with van der Waals surface area (Å²) in [5, 5.41) is 6.91. The number of likely N-dealkylation sites (tertiary alicyclic amines) is 1. The van der Waals surface area contributed by atoms with Gasteiger partial charge in [-0.15, -0.1) is 24.0 Å². The van der Waals surface area contributed by atoms with Gasteiger partial charge in [-0.25, -0.2) is 0 Å². The number of aliphatic imine (C=N–C) groups is 1. The smallest absolute Gasteiger partial charge is 0.231 e. The quantitative estimate of drug-likeness (QED) is 0.355. The third-order valence-electron chi connectivity index (χ3n) is 5.35. The molecule has 29 heavy (non-hydrogen) atoms. The Balaban J connectivity index is 0.00000240. The largest absolute Gasteiger partial charge is 0.454 e. The van der Waals surface area contributed by atoms with Crippen molar-refractivity contribution in [3.05, 3.63) is 59.7 Å². The van der Waals surface area contributed by atoms with Crippen LogP contribution in [-0.2, 0) is 6.54 Å². The second-order valence-corrected chi connectivity index (χ2v) is 7.16. The molecule has 4 rings (SSSR count). The number of hydrogen-bond donors (Lipinski definition) is 2. The number of nitrogens with zero attached hydrogens (tertiary/aromatic N) is 2. The summed E-state index contributed by atoms with van der Waals surface area (Å²) in [5.41, 5.74) is 2.48. The van der Waals surface area contributed by atoms with Crippen molar-refractivity contribution in [1.82, 2.24) is 15.5 Å². The zero-order chi connectivity index (χ0) is 19.2. The van der Waals surface area contributed by atoms with E-state index in [0.29, 0.717) is 19.4 Å². The number of ether oxygens (including phenoxy) is 2. The summed E-state index contributed by atoms with van der Waals surface area (Å²) in [4.78, 5) is 6.95. The molecule has 0 aromatic heterocycles. The molecule has 0 radical (unpaired) electrons. The van der Waals surface area contributed by atoms with Crippen LogP contribution >= 0.6 is 24.0 Å². The van der Waals surface area contributed by atoms with E-state index in [9.17, 15) is 0 Å². The first-order chi connectivity index (χ1) is 13.8. The zero-order valence-corrected chi connectivity index (χ0v) is 19.1. The Morgan fingerprint density at radius 1 is 1.03 bits per heavy atom. The van der Waals surface area contributed by atoms with Crippen molar-refractivity contribution in [3.63, 3.8) is 0 Å². The normalized spacial score (nSPS) is 16.9. The predicted octanol–water partition coefficient (Wildman–Crippen LogP) is 3.54. The molecular formula is C22H29IN4O2. The van der Waals surface area contributed by atoms with Crippen LogP contribution in [0.2, 0.25) is 0 Å². The highest BCUT2D eigenvalue weighted by Crippen LogP contribution is 2.32. The highest BCUT2D eigenvalue weighted by Gasteiger charge is 2.23. The highest BCUT2D eigenvalue weighted by molar-refractivity contribution is 14.0. The van der Waals surface area contributed by atoms with Gasteiger partial charge in [-0.05, 0) is 49.2 Å². The average Bonchev–Trinajstić information content (AvgIpc) is 3.43. The Kier molecular flexibility index (Phi) is 8.00. The lowest BCUT2D eigenvalue weighted by atomic mass is 10.1. The van der Waals surface area contributed by atoms with Gasteiger partial charge >= 0.3 is 0 Å². The van der Waals surface area contributed by atoms with E-state index in [4.69, 9.17) is 9.47 Å². The lowest BCUT2D eigenvalue weighted by Crippen LogP contribution is -2.42. The molecule has 2 heterocycles. The first kappa shape index (κ1) is 21.7. The minimum Gasteiger partial charge on any atom is -0.454 e. The van der Waals surface area contributed by atoms with Crippen LogP contribution in [0.3, 0.4) is 0 Å². The van der Waals surface area contributed by atoms with Gasteiger partial charge < -0.3 is 20.1 Å². The number of guanidine groups is 1. The van der Waals surface area contributed by atoms with Crippen LogP contribution in [-0.4, -0.2) is 44.3 Å². The van der Waals surface area contributed by atoms with E-state index in [0.717, 1.165) is 42.7 Å². The number of fused-ring (bicyclic) bond motifs is 1. The molecule has 0 bridgehead atoms. The van der Waals surface area contributed by atoms with E-state index in [1.807, 2.05) is 25.2 Å². The molecule has 2 aromatic rings. The van der Waals surface area contributed by atoms with Crippen LogP contribution in [0.1, 0.15) is 30.0 Å². The Morgan fingerprint density at radius 2 is 1.79 bits per heavy atom. The third-order valence-corrected chi connectivity index (χ3v) is 5.35. The molecule has 6 nitrogen and oxygen atoms in total. The predicted molar refractivity (Wildman–Crippen MR) is 126 cm³/mol. The lowest BCUT2D eigenvalue weighted by molar-refractivity contribution is 0.174. The van der Waals surface area contributed by atoms with Gasteiger partial charge in [0.2, 0.25) is 6.79 Å². The molecule has 1 atom stereocenters. The molecule has 2 aliphatic rings. The van der Waals surface area contributed by atoms with Crippen molar-refractivity contribution >= 4 is 29.9 Å². The number of nitrogens with one attached hydrogen (secondary N) is 2. The van der Waals surface area contributed by atoms with Gasteiger partial charge in [0.1, 0.15) is 0 Å². The third kappa shape index (κ3) is 5.54. The molecule has 2 aromatic carbocycles. The summed E-state index contributed by atoms with van der Waals surface area (Å²) in [5.74, 6) is 2.42. The summed E-state index contributed by atoms with van der Waals surface area (Å²) < 4.78 is 10.8. The Bertz CT molecular complexity index is 810. The maximum atomic E-state index is 5.46. The van der Waals surface area contributed by atoms with E-state index < -0.39 is 0 Å². The standard InChI is InChI=1S/C22H28N4O2.HI/c1-23-22(24-14-17-9-10-20-21(13-17)28-16-27-20)25-15-19(26-11-5-6-12-26)18-7-3-2-4-8-18;/h2-4,7-10,13,19H,5-6,11-12,14-16H2,1H3,(H2,23,24,25);1H. The average molecular weight is 508 g/mol. The lowest BCUT2D eigenvalue weighted by Gasteiger charge is -2.29. The van der Waals surface area contributed by atoms with E-state index in [2.05, 4.69) is 50.9 Å². The van der Waals surface area contributed by atoms with Gasteiger partial charge in [-0.2, -0.15) is 0 Å². The van der Waals surface area contributed by atoms with Gasteiger partial charge in [-0.3, -0.25) is 9.89 Å². The fourth-order valence-corrected chi connectivity index (χ4v) is 3.84. The van der Waals surface area contributed by atoms with Crippen molar-refractivity contribution in [3.8, 4) is 11.5 Å². The fraction of sp³-hybridized carbons (Fsp3) is 0.409. The fourth-order valence-electron chi connectivity index (χ4n) is 3.84. The van der Waals surface area contributed by atoms with Gasteiger partial charge in [0.05, 0.1) is 6.04 Å². The van der Waals surface area contributed by atoms with Crippen molar-refractivity contribution in [2.75, 3.05) is 33.5 Å². The molecule has 0 aliphatic carbocycles. The molecule has 2 aliphatic heterocycles. The topological polar surface area (TPSA) is 58.1 Å². The summed E-state index contributed by atoms with van der Waals surface area (Å²) in [6.45, 7) is 4.11. The van der Waals surface area contributed by atoms with E-state index in [1.165, 1.54) is 18.4 Å². The molecule has 1 saturated heterocycles. The van der Waals surface area contributed by atoms with E-state index in [-0.39, 0.29) is 24.0 Å². The minimum absolute atomic E-state index is 0. The molecule has 0 spiro atoms. The first-order valence-corrected chi connectivity index (χ1v) is 9.95. The Morgan fingerprint density at radius 3 is 2.55 bits per heavy atom. The maximum absolute atomic E-state index is 5.46. The second kappa shape index (κ2) is 10.7. The summed E-state index contributed by atoms with van der Waals surface area (Å²) in [6, 6.07) is 17.1. The van der Waals surface area contributed by atoms with Crippen LogP contribution in [0.5, 0.6) is 11.5 Å². The molecule has 1 fully saturated rings. The van der Waals surface area contributed by atoms with Crippen molar-refractivity contribution in [2.45, 2.75) is 25.4 Å². The van der Waals surface area contributed by atoms with Gasteiger partial charge in [-0.1, -0.05) is 36.4 Å². The monoisotopic (exact) mass is 508 g/mol. The van der Waals surface area contributed by atoms with Crippen LogP contribution in [0.25, 0.3) is 0 Å². The summed E-state index contributed by atoms with van der Waals surface area (Å²) in [7, 11) is 1.81. The molecule has 1 unspecified atom stereocenters. The molecule has 7 heteroatoms. The van der Waals surface area contributed by atoms with E-state index in [1.54, 1.807) is 0 Å². The molecule has 156 valence electrons. The molecular weight excluding hydrogens is 479 g/mol. The second-order valence-electron chi connectivity index (χ2n) is 7.16. The van der Waals surface area contributed by atoms with Gasteiger partial charge in [0, 0.05) is 20.1 Å². The van der Waals surface area contributed by atoms with Gasteiger partial charge in [0.15, 0.2) is 17.5 Å². The SMILES string of the molecule is CN=C(NCc1ccc2c(c1)OCO2)NCC(c1ccccc1)N1CCCC1.I. The van der Waals surface area contributed by atoms with Crippen molar-refractivity contribution < 1.29 is 9.47 Å². The maximum Gasteiger partial charge on any atom is 0.231 e. The summed E-state index contributed by atoms with van der Waals surface area (Å²) >= 11 is 0. The molecule has 0 saturated carbocycles.